The van der Waals surface area contributed by atoms with Gasteiger partial charge in [-0.05, 0) is 25.2 Å². The van der Waals surface area contributed by atoms with Gasteiger partial charge in [0.05, 0.1) is 18.8 Å². The molecule has 5 unspecified atom stereocenters. The molecular weight excluding hydrogens is 384 g/mol. The molecule has 0 fully saturated rings. The number of aliphatic carboxylic acids is 1. The van der Waals surface area contributed by atoms with Crippen molar-refractivity contribution in [2.45, 2.75) is 71.3 Å². The van der Waals surface area contributed by atoms with Crippen molar-refractivity contribution >= 4 is 23.7 Å². The molecule has 0 aromatic heterocycles. The predicted molar refractivity (Wildman–Crippen MR) is 104 cm³/mol. The van der Waals surface area contributed by atoms with Crippen LogP contribution < -0.4 is 21.7 Å². The molecule has 0 aromatic rings. The lowest BCUT2D eigenvalue weighted by atomic mass is 10.00. The summed E-state index contributed by atoms with van der Waals surface area (Å²) in [5, 5.41) is 34.8. The van der Waals surface area contributed by atoms with Crippen LogP contribution in [0, 0.1) is 11.8 Å². The van der Waals surface area contributed by atoms with Gasteiger partial charge >= 0.3 is 5.97 Å². The third-order valence-electron chi connectivity index (χ3n) is 4.22. The number of carbonyl (C=O) groups excluding carboxylic acids is 3. The summed E-state index contributed by atoms with van der Waals surface area (Å²) < 4.78 is 0. The van der Waals surface area contributed by atoms with Crippen molar-refractivity contribution in [2.75, 3.05) is 6.61 Å². The monoisotopic (exact) mass is 418 g/mol. The van der Waals surface area contributed by atoms with Gasteiger partial charge in [0.2, 0.25) is 17.7 Å². The van der Waals surface area contributed by atoms with Gasteiger partial charge in [0.25, 0.3) is 0 Å². The Labute approximate surface area is 170 Å². The number of carboxylic acid groups (broad SMARTS) is 1. The average molecular weight is 418 g/mol. The highest BCUT2D eigenvalue weighted by molar-refractivity contribution is 5.94. The van der Waals surface area contributed by atoms with Crippen LogP contribution in [0.4, 0.5) is 0 Å². The zero-order valence-corrected chi connectivity index (χ0v) is 17.5. The number of nitrogens with two attached hydrogens (primary N) is 1. The first kappa shape index (κ1) is 26.8. The summed E-state index contributed by atoms with van der Waals surface area (Å²) in [6, 6.07) is -4.89. The van der Waals surface area contributed by atoms with E-state index >= 15 is 0 Å². The van der Waals surface area contributed by atoms with Crippen molar-refractivity contribution < 1.29 is 34.5 Å². The van der Waals surface area contributed by atoms with E-state index in [1.165, 1.54) is 6.92 Å². The quantitative estimate of drug-likeness (QED) is 0.188. The smallest absolute Gasteiger partial charge is 0.328 e. The van der Waals surface area contributed by atoms with E-state index in [9.17, 15) is 29.4 Å². The van der Waals surface area contributed by atoms with E-state index in [1.807, 2.05) is 13.8 Å². The molecule has 0 spiro atoms. The summed E-state index contributed by atoms with van der Waals surface area (Å²) in [6.07, 6.45) is -1.13. The molecule has 0 rings (SSSR count). The molecule has 168 valence electrons. The van der Waals surface area contributed by atoms with Crippen molar-refractivity contribution in [3.63, 3.8) is 0 Å². The van der Waals surface area contributed by atoms with Crippen LogP contribution in [0.25, 0.3) is 0 Å². The first-order chi connectivity index (χ1) is 13.3. The van der Waals surface area contributed by atoms with Gasteiger partial charge in [0, 0.05) is 0 Å². The molecule has 0 heterocycles. The van der Waals surface area contributed by atoms with Crippen LogP contribution in [-0.2, 0) is 19.2 Å². The summed E-state index contributed by atoms with van der Waals surface area (Å²) >= 11 is 0. The third-order valence-corrected chi connectivity index (χ3v) is 4.22. The maximum atomic E-state index is 12.6. The highest BCUT2D eigenvalue weighted by atomic mass is 16.4. The number of carboxylic acids is 1. The van der Waals surface area contributed by atoms with Gasteiger partial charge in [-0.3, -0.25) is 14.4 Å². The Balaban J connectivity index is 5.25. The third kappa shape index (κ3) is 9.20. The first-order valence-corrected chi connectivity index (χ1v) is 9.50. The van der Waals surface area contributed by atoms with E-state index in [-0.39, 0.29) is 18.3 Å². The highest BCUT2D eigenvalue weighted by Gasteiger charge is 2.32. The number of amides is 3. The molecule has 0 aliphatic carbocycles. The van der Waals surface area contributed by atoms with Crippen molar-refractivity contribution in [3.05, 3.63) is 0 Å². The molecule has 3 amide bonds. The molecule has 11 nitrogen and oxygen atoms in total. The second kappa shape index (κ2) is 12.3. The molecule has 11 heteroatoms. The second-order valence-electron chi connectivity index (χ2n) is 7.77. The Kier molecular flexibility index (Phi) is 11.4. The molecule has 0 saturated heterocycles. The molecule has 0 aromatic carbocycles. The number of nitrogens with one attached hydrogen (secondary N) is 3. The number of carbonyl (C=O) groups is 4. The van der Waals surface area contributed by atoms with Gasteiger partial charge in [-0.15, -0.1) is 0 Å². The topological polar surface area (TPSA) is 191 Å². The lowest BCUT2D eigenvalue weighted by Gasteiger charge is -2.26. The average Bonchev–Trinajstić information content (AvgIpc) is 2.61. The zero-order chi connectivity index (χ0) is 22.9. The van der Waals surface area contributed by atoms with E-state index in [2.05, 4.69) is 16.0 Å². The fraction of sp³-hybridized carbons (Fsp3) is 0.778. The fourth-order valence-electron chi connectivity index (χ4n) is 2.38. The Morgan fingerprint density at radius 1 is 0.862 bits per heavy atom. The number of aliphatic hydroxyl groups is 2. The van der Waals surface area contributed by atoms with E-state index < -0.39 is 60.6 Å². The summed E-state index contributed by atoms with van der Waals surface area (Å²) in [5.74, 6) is -3.82. The summed E-state index contributed by atoms with van der Waals surface area (Å²) in [4.78, 5) is 48.2. The first-order valence-electron chi connectivity index (χ1n) is 9.50. The molecular formula is C18H34N4O7. The summed E-state index contributed by atoms with van der Waals surface area (Å²) in [7, 11) is 0. The fourth-order valence-corrected chi connectivity index (χ4v) is 2.38. The predicted octanol–water partition coefficient (Wildman–Crippen LogP) is -2.07. The van der Waals surface area contributed by atoms with Crippen LogP contribution in [0.1, 0.15) is 41.0 Å². The lowest BCUT2D eigenvalue weighted by molar-refractivity contribution is -0.145. The standard InChI is InChI=1S/C18H34N4O7/c1-8(2)6-11(20-17(27)13(19)9(3)4)15(25)21-12(7-23)16(26)22-14(10(5)24)18(28)29/h8-14,23-24H,6-7,19H2,1-5H3,(H,20,27)(H,21,25)(H,22,26)(H,28,29). The number of hydrogen-bond donors (Lipinski definition) is 7. The number of aliphatic hydroxyl groups excluding tert-OH is 2. The van der Waals surface area contributed by atoms with Gasteiger partial charge in [0.15, 0.2) is 6.04 Å². The van der Waals surface area contributed by atoms with Crippen LogP contribution in [0.15, 0.2) is 0 Å². The van der Waals surface area contributed by atoms with Gasteiger partial charge in [-0.1, -0.05) is 27.7 Å². The van der Waals surface area contributed by atoms with Crippen LogP contribution in [0.2, 0.25) is 0 Å². The normalized spacial score (nSPS) is 16.5. The molecule has 0 saturated carbocycles. The van der Waals surface area contributed by atoms with Crippen molar-refractivity contribution in [1.82, 2.24) is 16.0 Å². The zero-order valence-electron chi connectivity index (χ0n) is 17.5. The molecule has 0 aliphatic heterocycles. The largest absolute Gasteiger partial charge is 0.480 e. The van der Waals surface area contributed by atoms with Gasteiger partial charge in [-0.2, -0.15) is 0 Å². The molecule has 0 bridgehead atoms. The second-order valence-corrected chi connectivity index (χ2v) is 7.77. The van der Waals surface area contributed by atoms with Gasteiger partial charge in [-0.25, -0.2) is 4.79 Å². The SMILES string of the molecule is CC(C)CC(NC(=O)C(N)C(C)C)C(=O)NC(CO)C(=O)NC(C(=O)O)C(C)O. The maximum Gasteiger partial charge on any atom is 0.328 e. The van der Waals surface area contributed by atoms with E-state index in [0.29, 0.717) is 0 Å². The Morgan fingerprint density at radius 2 is 1.34 bits per heavy atom. The van der Waals surface area contributed by atoms with Crippen LogP contribution in [-0.4, -0.2) is 75.9 Å². The van der Waals surface area contributed by atoms with Gasteiger partial charge in [0.1, 0.15) is 12.1 Å². The van der Waals surface area contributed by atoms with Crippen LogP contribution in [0.3, 0.4) is 0 Å². The summed E-state index contributed by atoms with van der Waals surface area (Å²) in [6.45, 7) is 7.56. The highest BCUT2D eigenvalue weighted by Crippen LogP contribution is 2.07. The minimum Gasteiger partial charge on any atom is -0.480 e. The number of rotatable bonds is 12. The molecule has 8 N–H and O–H groups in total. The van der Waals surface area contributed by atoms with Crippen LogP contribution >= 0.6 is 0 Å². The molecule has 29 heavy (non-hydrogen) atoms. The molecule has 0 radical (unpaired) electrons. The van der Waals surface area contributed by atoms with Crippen molar-refractivity contribution in [3.8, 4) is 0 Å². The maximum absolute atomic E-state index is 12.6. The van der Waals surface area contributed by atoms with Crippen LogP contribution in [0.5, 0.6) is 0 Å². The molecule has 5 atom stereocenters. The van der Waals surface area contributed by atoms with Gasteiger partial charge < -0.3 is 37.0 Å². The van der Waals surface area contributed by atoms with E-state index in [1.54, 1.807) is 13.8 Å². The minimum atomic E-state index is -1.61. The Bertz CT molecular complexity index is 581. The van der Waals surface area contributed by atoms with E-state index in [4.69, 9.17) is 10.8 Å². The lowest BCUT2D eigenvalue weighted by Crippen LogP contribution is -2.59. The summed E-state index contributed by atoms with van der Waals surface area (Å²) in [5.41, 5.74) is 5.80. The Morgan fingerprint density at radius 3 is 1.72 bits per heavy atom. The number of hydrogen-bond acceptors (Lipinski definition) is 7. The molecule has 0 aliphatic rings. The Hall–Kier alpha value is -2.24. The van der Waals surface area contributed by atoms with Crippen molar-refractivity contribution in [1.29, 1.82) is 0 Å². The van der Waals surface area contributed by atoms with E-state index in [0.717, 1.165) is 0 Å². The minimum absolute atomic E-state index is 0.0226. The van der Waals surface area contributed by atoms with Crippen molar-refractivity contribution in [2.24, 2.45) is 17.6 Å².